The second-order valence-electron chi connectivity index (χ2n) is 6.83. The maximum atomic E-state index is 12.0. The van der Waals surface area contributed by atoms with Gasteiger partial charge in [0.25, 0.3) is 0 Å². The minimum absolute atomic E-state index is 0.0876. The molecule has 0 N–H and O–H groups in total. The lowest BCUT2D eigenvalue weighted by atomic mass is 9.75. The fourth-order valence-corrected chi connectivity index (χ4v) is 4.00. The Kier molecular flexibility index (Phi) is 4.16. The fraction of sp³-hybridized carbons (Fsp3) is 0.824. The number of hydrogen-bond donors (Lipinski definition) is 0. The molecule has 1 saturated heterocycles. The van der Waals surface area contributed by atoms with Crippen molar-refractivity contribution in [2.45, 2.75) is 76.6 Å². The Morgan fingerprint density at radius 3 is 2.50 bits per heavy atom. The SMILES string of the molecule is C=C(C)C(=O)OC(C1CCCCC1)C1CCC2OC2C1. The van der Waals surface area contributed by atoms with Gasteiger partial charge in [-0.2, -0.15) is 0 Å². The molecule has 2 saturated carbocycles. The quantitative estimate of drug-likeness (QED) is 0.448. The van der Waals surface area contributed by atoms with Crippen LogP contribution < -0.4 is 0 Å². The standard InChI is InChI=1S/C17H26O3/c1-11(2)17(18)20-16(12-6-4-3-5-7-12)13-8-9-14-15(10-13)19-14/h12-16H,1,3-10H2,2H3. The third-order valence-electron chi connectivity index (χ3n) is 5.22. The highest BCUT2D eigenvalue weighted by atomic mass is 16.6. The number of fused-ring (bicyclic) bond motifs is 1. The first-order valence-corrected chi connectivity index (χ1v) is 8.17. The van der Waals surface area contributed by atoms with Crippen LogP contribution in [-0.2, 0) is 14.3 Å². The second-order valence-corrected chi connectivity index (χ2v) is 6.83. The van der Waals surface area contributed by atoms with Crippen LogP contribution in [-0.4, -0.2) is 24.3 Å². The van der Waals surface area contributed by atoms with Gasteiger partial charge in [0.15, 0.2) is 0 Å². The molecule has 0 spiro atoms. The monoisotopic (exact) mass is 278 g/mol. The Hall–Kier alpha value is -0.830. The summed E-state index contributed by atoms with van der Waals surface area (Å²) in [7, 11) is 0. The zero-order valence-corrected chi connectivity index (χ0v) is 12.5. The zero-order valence-electron chi connectivity index (χ0n) is 12.5. The molecule has 3 nitrogen and oxygen atoms in total. The van der Waals surface area contributed by atoms with Crippen LogP contribution in [0.4, 0.5) is 0 Å². The Morgan fingerprint density at radius 2 is 1.85 bits per heavy atom. The second kappa shape index (κ2) is 5.88. The van der Waals surface area contributed by atoms with E-state index in [-0.39, 0.29) is 12.1 Å². The van der Waals surface area contributed by atoms with E-state index in [1.165, 1.54) is 32.1 Å². The summed E-state index contributed by atoms with van der Waals surface area (Å²) in [4.78, 5) is 12.0. The van der Waals surface area contributed by atoms with Gasteiger partial charge in [-0.1, -0.05) is 25.8 Å². The van der Waals surface area contributed by atoms with Crippen LogP contribution in [0.3, 0.4) is 0 Å². The largest absolute Gasteiger partial charge is 0.458 e. The van der Waals surface area contributed by atoms with E-state index in [9.17, 15) is 4.79 Å². The highest BCUT2D eigenvalue weighted by Gasteiger charge is 2.47. The third kappa shape index (κ3) is 3.08. The number of carbonyl (C=O) groups is 1. The predicted octanol–water partition coefficient (Wildman–Crippen LogP) is 3.62. The molecule has 0 aromatic rings. The lowest BCUT2D eigenvalue weighted by Gasteiger charge is -2.36. The van der Waals surface area contributed by atoms with E-state index in [0.717, 1.165) is 19.3 Å². The van der Waals surface area contributed by atoms with E-state index >= 15 is 0 Å². The summed E-state index contributed by atoms with van der Waals surface area (Å²) in [6.45, 7) is 5.46. The topological polar surface area (TPSA) is 38.8 Å². The van der Waals surface area contributed by atoms with Crippen molar-refractivity contribution in [3.8, 4) is 0 Å². The summed E-state index contributed by atoms with van der Waals surface area (Å²) in [6, 6.07) is 0. The van der Waals surface area contributed by atoms with Crippen LogP contribution in [0.2, 0.25) is 0 Å². The van der Waals surface area contributed by atoms with Crippen molar-refractivity contribution < 1.29 is 14.3 Å². The van der Waals surface area contributed by atoms with Crippen molar-refractivity contribution in [2.75, 3.05) is 0 Å². The summed E-state index contributed by atoms with van der Waals surface area (Å²) < 4.78 is 11.5. The zero-order chi connectivity index (χ0) is 14.1. The smallest absolute Gasteiger partial charge is 0.333 e. The molecule has 0 aromatic carbocycles. The van der Waals surface area contributed by atoms with Crippen LogP contribution in [0.15, 0.2) is 12.2 Å². The number of ether oxygens (including phenoxy) is 2. The first kappa shape index (κ1) is 14.1. The fourth-order valence-electron chi connectivity index (χ4n) is 4.00. The average Bonchev–Trinajstić information content (AvgIpc) is 3.23. The minimum atomic E-state index is -0.209. The molecular weight excluding hydrogens is 252 g/mol. The maximum absolute atomic E-state index is 12.0. The van der Waals surface area contributed by atoms with Gasteiger partial charge < -0.3 is 9.47 Å². The summed E-state index contributed by atoms with van der Waals surface area (Å²) in [5.74, 6) is 0.830. The van der Waals surface area contributed by atoms with Gasteiger partial charge >= 0.3 is 5.97 Å². The van der Waals surface area contributed by atoms with E-state index in [4.69, 9.17) is 9.47 Å². The summed E-state index contributed by atoms with van der Waals surface area (Å²) >= 11 is 0. The van der Waals surface area contributed by atoms with Gasteiger partial charge in [-0.15, -0.1) is 0 Å². The van der Waals surface area contributed by atoms with Crippen molar-refractivity contribution in [1.82, 2.24) is 0 Å². The number of rotatable bonds is 4. The van der Waals surface area contributed by atoms with Crippen molar-refractivity contribution >= 4 is 5.97 Å². The molecule has 3 fully saturated rings. The van der Waals surface area contributed by atoms with Gasteiger partial charge in [0.05, 0.1) is 12.2 Å². The Labute approximate surface area is 121 Å². The van der Waals surface area contributed by atoms with Crippen molar-refractivity contribution in [3.05, 3.63) is 12.2 Å². The molecule has 1 heterocycles. The summed E-state index contributed by atoms with van der Waals surface area (Å²) in [5.41, 5.74) is 0.516. The van der Waals surface area contributed by atoms with Crippen LogP contribution in [0, 0.1) is 11.8 Å². The van der Waals surface area contributed by atoms with Crippen molar-refractivity contribution in [2.24, 2.45) is 11.8 Å². The highest BCUT2D eigenvalue weighted by Crippen LogP contribution is 2.44. The number of epoxide rings is 1. The molecule has 3 rings (SSSR count). The van der Waals surface area contributed by atoms with Crippen LogP contribution >= 0.6 is 0 Å². The van der Waals surface area contributed by atoms with Crippen LogP contribution in [0.1, 0.15) is 58.3 Å². The minimum Gasteiger partial charge on any atom is -0.458 e. The molecule has 0 bridgehead atoms. The van der Waals surface area contributed by atoms with Gasteiger partial charge in [-0.05, 0) is 50.9 Å². The molecule has 20 heavy (non-hydrogen) atoms. The molecule has 0 amide bonds. The Morgan fingerprint density at radius 1 is 1.10 bits per heavy atom. The summed E-state index contributed by atoms with van der Waals surface area (Å²) in [6.07, 6.45) is 10.7. The molecule has 0 radical (unpaired) electrons. The first-order valence-electron chi connectivity index (χ1n) is 8.17. The van der Waals surface area contributed by atoms with E-state index in [2.05, 4.69) is 6.58 Å². The number of carbonyl (C=O) groups excluding carboxylic acids is 1. The molecule has 3 aliphatic rings. The van der Waals surface area contributed by atoms with Gasteiger partial charge in [0.2, 0.25) is 0 Å². The van der Waals surface area contributed by atoms with Crippen molar-refractivity contribution in [1.29, 1.82) is 0 Å². The van der Waals surface area contributed by atoms with Crippen LogP contribution in [0.5, 0.6) is 0 Å². The van der Waals surface area contributed by atoms with Gasteiger partial charge in [-0.25, -0.2) is 4.79 Å². The van der Waals surface area contributed by atoms with E-state index in [0.29, 0.717) is 29.6 Å². The molecule has 2 aliphatic carbocycles. The molecule has 1 aliphatic heterocycles. The van der Waals surface area contributed by atoms with Gasteiger partial charge in [0.1, 0.15) is 6.10 Å². The average molecular weight is 278 g/mol. The maximum Gasteiger partial charge on any atom is 0.333 e. The Balaban J connectivity index is 1.67. The molecule has 0 aromatic heterocycles. The molecular formula is C17H26O3. The van der Waals surface area contributed by atoms with Crippen LogP contribution in [0.25, 0.3) is 0 Å². The first-order chi connectivity index (χ1) is 9.65. The van der Waals surface area contributed by atoms with Gasteiger partial charge in [0, 0.05) is 5.57 Å². The highest BCUT2D eigenvalue weighted by molar-refractivity contribution is 5.87. The van der Waals surface area contributed by atoms with E-state index in [1.54, 1.807) is 6.92 Å². The number of esters is 1. The molecule has 4 unspecified atom stereocenters. The molecule has 112 valence electrons. The van der Waals surface area contributed by atoms with E-state index in [1.807, 2.05) is 0 Å². The lowest BCUT2D eigenvalue weighted by molar-refractivity contribution is -0.152. The third-order valence-corrected chi connectivity index (χ3v) is 5.22. The molecule has 4 atom stereocenters. The Bertz CT molecular complexity index is 384. The molecule has 3 heteroatoms. The lowest BCUT2D eigenvalue weighted by Crippen LogP contribution is -2.37. The van der Waals surface area contributed by atoms with Gasteiger partial charge in [-0.3, -0.25) is 0 Å². The predicted molar refractivity (Wildman–Crippen MR) is 77.3 cm³/mol. The normalized spacial score (nSPS) is 35.0. The van der Waals surface area contributed by atoms with E-state index < -0.39 is 0 Å². The number of hydrogen-bond acceptors (Lipinski definition) is 3. The summed E-state index contributed by atoms with van der Waals surface area (Å²) in [5, 5.41) is 0. The van der Waals surface area contributed by atoms with Crippen molar-refractivity contribution in [3.63, 3.8) is 0 Å².